The average Bonchev–Trinajstić information content (AvgIpc) is 2.96. The Bertz CT molecular complexity index is 498. The molecule has 1 saturated heterocycles. The van der Waals surface area contributed by atoms with E-state index >= 15 is 0 Å². The number of rotatable bonds is 4. The molecular formula is C18H27NO5. The molecule has 6 nitrogen and oxygen atoms in total. The standard InChI is InChI=1S/C17H25NO3.CH2O2/c1-17(2,3)21-16(19)18-10-9-15(11-18)13-20-12-14-7-5-4-6-8-14;2-1-3/h4-8,15H,9-13H2,1-3H3;1H,(H,2,3). The fourth-order valence-corrected chi connectivity index (χ4v) is 2.38. The molecule has 1 atom stereocenters. The van der Waals surface area contributed by atoms with Gasteiger partial charge >= 0.3 is 6.09 Å². The largest absolute Gasteiger partial charge is 0.483 e. The molecule has 1 N–H and O–H groups in total. The van der Waals surface area contributed by atoms with Crippen molar-refractivity contribution in [3.8, 4) is 0 Å². The first kappa shape index (κ1) is 20.0. The van der Waals surface area contributed by atoms with Gasteiger partial charge in [0.05, 0.1) is 13.2 Å². The molecule has 134 valence electrons. The maximum Gasteiger partial charge on any atom is 0.410 e. The normalized spacial score (nSPS) is 17.0. The Balaban J connectivity index is 0.000000891. The summed E-state index contributed by atoms with van der Waals surface area (Å²) in [5.41, 5.74) is 0.749. The number of ether oxygens (including phenoxy) is 2. The van der Waals surface area contributed by atoms with Gasteiger partial charge in [0.15, 0.2) is 0 Å². The lowest BCUT2D eigenvalue weighted by molar-refractivity contribution is -0.122. The molecule has 1 aromatic rings. The first-order valence-corrected chi connectivity index (χ1v) is 8.03. The second-order valence-electron chi connectivity index (χ2n) is 6.69. The molecule has 1 fully saturated rings. The molecule has 6 heteroatoms. The van der Waals surface area contributed by atoms with E-state index in [1.165, 1.54) is 5.56 Å². The lowest BCUT2D eigenvalue weighted by atomic mass is 10.1. The molecule has 0 spiro atoms. The summed E-state index contributed by atoms with van der Waals surface area (Å²) in [5.74, 6) is 0.404. The Morgan fingerprint density at radius 1 is 1.33 bits per heavy atom. The van der Waals surface area contributed by atoms with Gasteiger partial charge in [0, 0.05) is 19.0 Å². The van der Waals surface area contributed by atoms with Gasteiger partial charge in [0.2, 0.25) is 0 Å². The number of carboxylic acid groups (broad SMARTS) is 1. The van der Waals surface area contributed by atoms with Crippen molar-refractivity contribution in [1.82, 2.24) is 4.90 Å². The quantitative estimate of drug-likeness (QED) is 0.854. The maximum atomic E-state index is 12.0. The van der Waals surface area contributed by atoms with Crippen LogP contribution < -0.4 is 0 Å². The van der Waals surface area contributed by atoms with Crippen LogP contribution in [0.1, 0.15) is 32.8 Å². The second kappa shape index (κ2) is 9.93. The van der Waals surface area contributed by atoms with Gasteiger partial charge in [-0.1, -0.05) is 30.3 Å². The molecule has 0 aromatic heterocycles. The Hall–Kier alpha value is -2.08. The van der Waals surface area contributed by atoms with Gasteiger partial charge in [-0.25, -0.2) is 4.79 Å². The van der Waals surface area contributed by atoms with Crippen LogP contribution in [0.5, 0.6) is 0 Å². The van der Waals surface area contributed by atoms with Crippen molar-refractivity contribution in [3.05, 3.63) is 35.9 Å². The van der Waals surface area contributed by atoms with E-state index in [1.54, 1.807) is 4.90 Å². The number of carbonyl (C=O) groups excluding carboxylic acids is 1. The van der Waals surface area contributed by atoms with Crippen molar-refractivity contribution >= 4 is 12.6 Å². The lowest BCUT2D eigenvalue weighted by Gasteiger charge is -2.24. The highest BCUT2D eigenvalue weighted by molar-refractivity contribution is 5.68. The summed E-state index contributed by atoms with van der Waals surface area (Å²) in [7, 11) is 0. The SMILES string of the molecule is CC(C)(C)OC(=O)N1CCC(COCc2ccccc2)C1.O=CO. The van der Waals surface area contributed by atoms with Crippen LogP contribution >= 0.6 is 0 Å². The van der Waals surface area contributed by atoms with Crippen LogP contribution in [0.15, 0.2) is 30.3 Å². The molecule has 1 aliphatic heterocycles. The molecule has 1 unspecified atom stereocenters. The van der Waals surface area contributed by atoms with Crippen LogP contribution in [-0.4, -0.2) is 47.9 Å². The lowest BCUT2D eigenvalue weighted by Crippen LogP contribution is -2.35. The van der Waals surface area contributed by atoms with Crippen molar-refractivity contribution < 1.29 is 24.2 Å². The first-order valence-electron chi connectivity index (χ1n) is 8.03. The Morgan fingerprint density at radius 2 is 1.96 bits per heavy atom. The summed E-state index contributed by atoms with van der Waals surface area (Å²) < 4.78 is 11.1. The molecule has 0 saturated carbocycles. The summed E-state index contributed by atoms with van der Waals surface area (Å²) in [6.45, 7) is 8.22. The van der Waals surface area contributed by atoms with Gasteiger partial charge in [-0.2, -0.15) is 0 Å². The molecule has 24 heavy (non-hydrogen) atoms. The minimum atomic E-state index is -0.432. The van der Waals surface area contributed by atoms with Gasteiger partial charge in [0.1, 0.15) is 5.60 Å². The highest BCUT2D eigenvalue weighted by Gasteiger charge is 2.29. The Morgan fingerprint density at radius 3 is 2.54 bits per heavy atom. The summed E-state index contributed by atoms with van der Waals surface area (Å²) in [6, 6.07) is 10.1. The molecule has 0 aliphatic carbocycles. The smallest absolute Gasteiger partial charge is 0.410 e. The minimum absolute atomic E-state index is 0.215. The Labute approximate surface area is 143 Å². The fourth-order valence-electron chi connectivity index (χ4n) is 2.38. The highest BCUT2D eigenvalue weighted by Crippen LogP contribution is 2.20. The van der Waals surface area contributed by atoms with Crippen molar-refractivity contribution in [2.45, 2.75) is 39.4 Å². The van der Waals surface area contributed by atoms with Crippen molar-refractivity contribution in [2.75, 3.05) is 19.7 Å². The van der Waals surface area contributed by atoms with E-state index in [1.807, 2.05) is 39.0 Å². The zero-order valence-electron chi connectivity index (χ0n) is 14.6. The van der Waals surface area contributed by atoms with Crippen LogP contribution in [0.2, 0.25) is 0 Å². The Kier molecular flexibility index (Phi) is 8.26. The molecule has 1 aromatic carbocycles. The monoisotopic (exact) mass is 337 g/mol. The molecular weight excluding hydrogens is 310 g/mol. The molecule has 1 aliphatic rings. The minimum Gasteiger partial charge on any atom is -0.483 e. The predicted molar refractivity (Wildman–Crippen MR) is 90.7 cm³/mol. The van der Waals surface area contributed by atoms with Crippen LogP contribution in [0.3, 0.4) is 0 Å². The molecule has 2 rings (SSSR count). The maximum absolute atomic E-state index is 12.0. The van der Waals surface area contributed by atoms with E-state index in [-0.39, 0.29) is 12.6 Å². The van der Waals surface area contributed by atoms with E-state index in [0.717, 1.165) is 19.5 Å². The number of hydrogen-bond donors (Lipinski definition) is 1. The average molecular weight is 337 g/mol. The van der Waals surface area contributed by atoms with Crippen LogP contribution in [0, 0.1) is 5.92 Å². The fraction of sp³-hybridized carbons (Fsp3) is 0.556. The molecule has 0 radical (unpaired) electrons. The number of benzene rings is 1. The summed E-state index contributed by atoms with van der Waals surface area (Å²) >= 11 is 0. The topological polar surface area (TPSA) is 76.1 Å². The van der Waals surface area contributed by atoms with E-state index in [2.05, 4.69) is 12.1 Å². The van der Waals surface area contributed by atoms with Gasteiger partial charge in [-0.3, -0.25) is 4.79 Å². The zero-order valence-corrected chi connectivity index (χ0v) is 14.6. The van der Waals surface area contributed by atoms with E-state index in [9.17, 15) is 4.79 Å². The summed E-state index contributed by atoms with van der Waals surface area (Å²) in [4.78, 5) is 22.1. The van der Waals surface area contributed by atoms with Gasteiger partial charge < -0.3 is 19.5 Å². The molecule has 1 amide bonds. The third-order valence-corrected chi connectivity index (χ3v) is 3.40. The van der Waals surface area contributed by atoms with Gasteiger partial charge in [-0.15, -0.1) is 0 Å². The summed E-state index contributed by atoms with van der Waals surface area (Å²) in [5, 5.41) is 6.89. The van der Waals surface area contributed by atoms with Crippen LogP contribution in [0.25, 0.3) is 0 Å². The van der Waals surface area contributed by atoms with Gasteiger partial charge in [-0.05, 0) is 32.8 Å². The second-order valence-corrected chi connectivity index (χ2v) is 6.69. The first-order chi connectivity index (χ1) is 11.4. The predicted octanol–water partition coefficient (Wildman–Crippen LogP) is 3.16. The van der Waals surface area contributed by atoms with Crippen molar-refractivity contribution in [3.63, 3.8) is 0 Å². The third kappa shape index (κ3) is 7.97. The van der Waals surface area contributed by atoms with Crippen molar-refractivity contribution in [1.29, 1.82) is 0 Å². The number of nitrogens with zero attached hydrogens (tertiary/aromatic N) is 1. The number of likely N-dealkylation sites (tertiary alicyclic amines) is 1. The van der Waals surface area contributed by atoms with E-state index < -0.39 is 5.60 Å². The van der Waals surface area contributed by atoms with E-state index in [0.29, 0.717) is 19.1 Å². The number of amides is 1. The summed E-state index contributed by atoms with van der Waals surface area (Å²) in [6.07, 6.45) is 0.765. The van der Waals surface area contributed by atoms with E-state index in [4.69, 9.17) is 19.4 Å². The van der Waals surface area contributed by atoms with Crippen molar-refractivity contribution in [2.24, 2.45) is 5.92 Å². The van der Waals surface area contributed by atoms with Crippen LogP contribution in [-0.2, 0) is 20.9 Å². The molecule has 1 heterocycles. The van der Waals surface area contributed by atoms with Crippen LogP contribution in [0.4, 0.5) is 4.79 Å². The number of carbonyl (C=O) groups is 2. The zero-order chi connectivity index (χ0) is 18.0. The third-order valence-electron chi connectivity index (χ3n) is 3.40. The van der Waals surface area contributed by atoms with Gasteiger partial charge in [0.25, 0.3) is 6.47 Å². The number of hydrogen-bond acceptors (Lipinski definition) is 4. The highest BCUT2D eigenvalue weighted by atomic mass is 16.6. The molecule has 0 bridgehead atoms.